The molecule has 1 aliphatic heterocycles. The van der Waals surface area contributed by atoms with E-state index < -0.39 is 0 Å². The van der Waals surface area contributed by atoms with E-state index in [0.29, 0.717) is 24.0 Å². The molecule has 1 fully saturated rings. The number of aryl methyl sites for hydroxylation is 1. The second-order valence-electron chi connectivity index (χ2n) is 5.71. The minimum atomic E-state index is 0.430. The van der Waals surface area contributed by atoms with Gasteiger partial charge in [0.25, 0.3) is 0 Å². The molecule has 118 valence electrons. The number of anilines is 1. The van der Waals surface area contributed by atoms with Crippen LogP contribution in [0.15, 0.2) is 30.6 Å². The highest BCUT2D eigenvalue weighted by Gasteiger charge is 2.22. The molecule has 23 heavy (non-hydrogen) atoms. The second kappa shape index (κ2) is 7.05. The Morgan fingerprint density at radius 3 is 2.83 bits per heavy atom. The molecule has 0 unspecified atom stereocenters. The molecule has 0 aromatic carbocycles. The van der Waals surface area contributed by atoms with Crippen LogP contribution < -0.4 is 9.64 Å². The molecule has 3 heterocycles. The zero-order valence-electron chi connectivity index (χ0n) is 13.1. The van der Waals surface area contributed by atoms with Crippen molar-refractivity contribution < 1.29 is 4.74 Å². The Balaban J connectivity index is 1.53. The number of nitriles is 1. The number of ether oxygens (including phenoxy) is 1. The highest BCUT2D eigenvalue weighted by Crippen LogP contribution is 2.22. The van der Waals surface area contributed by atoms with Gasteiger partial charge in [0.2, 0.25) is 11.8 Å². The van der Waals surface area contributed by atoms with Gasteiger partial charge in [-0.3, -0.25) is 0 Å². The predicted octanol–water partition coefficient (Wildman–Crippen LogP) is 2.35. The SMILES string of the molecule is Cc1ccnc(N2CCC(COc3ncccc3C#N)CC2)n1. The molecule has 0 atom stereocenters. The summed E-state index contributed by atoms with van der Waals surface area (Å²) in [5.74, 6) is 1.70. The molecule has 0 radical (unpaired) electrons. The first kappa shape index (κ1) is 15.2. The smallest absolute Gasteiger partial charge is 0.231 e. The Morgan fingerprint density at radius 1 is 1.26 bits per heavy atom. The van der Waals surface area contributed by atoms with E-state index in [9.17, 15) is 0 Å². The number of nitrogens with zero attached hydrogens (tertiary/aromatic N) is 5. The topological polar surface area (TPSA) is 74.9 Å². The molecule has 0 spiro atoms. The first-order valence-corrected chi connectivity index (χ1v) is 7.79. The highest BCUT2D eigenvalue weighted by molar-refractivity contribution is 5.37. The third-order valence-electron chi connectivity index (χ3n) is 4.03. The van der Waals surface area contributed by atoms with Crippen LogP contribution in [0.25, 0.3) is 0 Å². The predicted molar refractivity (Wildman–Crippen MR) is 86.2 cm³/mol. The molecule has 0 amide bonds. The summed E-state index contributed by atoms with van der Waals surface area (Å²) in [6, 6.07) is 7.48. The largest absolute Gasteiger partial charge is 0.476 e. The number of aromatic nitrogens is 3. The quantitative estimate of drug-likeness (QED) is 0.863. The maximum atomic E-state index is 9.05. The number of hydrogen-bond donors (Lipinski definition) is 0. The van der Waals surface area contributed by atoms with E-state index in [-0.39, 0.29) is 0 Å². The monoisotopic (exact) mass is 309 g/mol. The van der Waals surface area contributed by atoms with Crippen molar-refractivity contribution >= 4 is 5.95 Å². The maximum Gasteiger partial charge on any atom is 0.231 e. The summed E-state index contributed by atoms with van der Waals surface area (Å²) in [4.78, 5) is 15.2. The molecule has 0 saturated carbocycles. The van der Waals surface area contributed by atoms with E-state index in [1.807, 2.05) is 13.0 Å². The average molecular weight is 309 g/mol. The Hall–Kier alpha value is -2.68. The molecular weight excluding hydrogens is 290 g/mol. The van der Waals surface area contributed by atoms with Crippen molar-refractivity contribution in [1.29, 1.82) is 5.26 Å². The number of hydrogen-bond acceptors (Lipinski definition) is 6. The number of rotatable bonds is 4. The highest BCUT2D eigenvalue weighted by atomic mass is 16.5. The van der Waals surface area contributed by atoms with Crippen LogP contribution in [-0.4, -0.2) is 34.6 Å². The molecule has 6 nitrogen and oxygen atoms in total. The minimum absolute atomic E-state index is 0.430. The van der Waals surface area contributed by atoms with Crippen molar-refractivity contribution in [2.75, 3.05) is 24.6 Å². The summed E-state index contributed by atoms with van der Waals surface area (Å²) in [6.07, 6.45) is 5.49. The standard InChI is InChI=1S/C17H19N5O/c1-13-4-8-20-17(21-13)22-9-5-14(6-10-22)12-23-16-15(11-18)3-2-7-19-16/h2-4,7-8,14H,5-6,9-10,12H2,1H3. The summed E-state index contributed by atoms with van der Waals surface area (Å²) in [5.41, 5.74) is 1.47. The normalized spacial score (nSPS) is 15.2. The Morgan fingerprint density at radius 2 is 2.09 bits per heavy atom. The van der Waals surface area contributed by atoms with Gasteiger partial charge >= 0.3 is 0 Å². The third kappa shape index (κ3) is 3.75. The minimum Gasteiger partial charge on any atom is -0.476 e. The first-order valence-electron chi connectivity index (χ1n) is 7.79. The zero-order chi connectivity index (χ0) is 16.1. The molecule has 1 saturated heterocycles. The van der Waals surface area contributed by atoms with Crippen LogP contribution in [0.1, 0.15) is 24.1 Å². The van der Waals surface area contributed by atoms with Gasteiger partial charge in [0, 0.05) is 31.2 Å². The fourth-order valence-corrected chi connectivity index (χ4v) is 2.68. The van der Waals surface area contributed by atoms with Gasteiger partial charge in [-0.05, 0) is 43.9 Å². The van der Waals surface area contributed by atoms with Gasteiger partial charge in [-0.25, -0.2) is 15.0 Å². The van der Waals surface area contributed by atoms with E-state index >= 15 is 0 Å². The summed E-state index contributed by atoms with van der Waals surface area (Å²) in [5, 5.41) is 9.05. The lowest BCUT2D eigenvalue weighted by molar-refractivity contribution is 0.215. The summed E-state index contributed by atoms with van der Waals surface area (Å²) >= 11 is 0. The Labute approximate surface area is 135 Å². The molecule has 2 aromatic rings. The molecule has 0 bridgehead atoms. The molecule has 2 aromatic heterocycles. The van der Waals surface area contributed by atoms with Gasteiger partial charge in [0.15, 0.2) is 0 Å². The van der Waals surface area contributed by atoms with E-state index in [1.54, 1.807) is 24.5 Å². The van der Waals surface area contributed by atoms with Gasteiger partial charge in [-0.15, -0.1) is 0 Å². The number of piperidine rings is 1. The van der Waals surface area contributed by atoms with Crippen LogP contribution in [0, 0.1) is 24.2 Å². The van der Waals surface area contributed by atoms with E-state index in [2.05, 4.69) is 25.9 Å². The van der Waals surface area contributed by atoms with Crippen LogP contribution in [-0.2, 0) is 0 Å². The van der Waals surface area contributed by atoms with Gasteiger partial charge in [0.1, 0.15) is 11.6 Å². The van der Waals surface area contributed by atoms with E-state index in [4.69, 9.17) is 10.00 Å². The lowest BCUT2D eigenvalue weighted by Crippen LogP contribution is -2.36. The Bertz CT molecular complexity index is 704. The first-order chi connectivity index (χ1) is 11.3. The molecule has 0 N–H and O–H groups in total. The fraction of sp³-hybridized carbons (Fsp3) is 0.412. The summed E-state index contributed by atoms with van der Waals surface area (Å²) in [6.45, 7) is 4.41. The maximum absolute atomic E-state index is 9.05. The van der Waals surface area contributed by atoms with Crippen LogP contribution in [0.5, 0.6) is 5.88 Å². The van der Waals surface area contributed by atoms with Crippen molar-refractivity contribution in [3.05, 3.63) is 41.9 Å². The molecule has 3 rings (SSSR count). The van der Waals surface area contributed by atoms with Gasteiger partial charge in [-0.1, -0.05) is 0 Å². The van der Waals surface area contributed by atoms with Gasteiger partial charge < -0.3 is 9.64 Å². The summed E-state index contributed by atoms with van der Waals surface area (Å²) < 4.78 is 5.74. The summed E-state index contributed by atoms with van der Waals surface area (Å²) in [7, 11) is 0. The average Bonchev–Trinajstić information content (AvgIpc) is 2.60. The van der Waals surface area contributed by atoms with Crippen LogP contribution >= 0.6 is 0 Å². The third-order valence-corrected chi connectivity index (χ3v) is 4.03. The fourth-order valence-electron chi connectivity index (χ4n) is 2.68. The number of pyridine rings is 1. The van der Waals surface area contributed by atoms with Crippen molar-refractivity contribution in [1.82, 2.24) is 15.0 Å². The van der Waals surface area contributed by atoms with Crippen molar-refractivity contribution in [2.45, 2.75) is 19.8 Å². The van der Waals surface area contributed by atoms with E-state index in [1.165, 1.54) is 0 Å². The second-order valence-corrected chi connectivity index (χ2v) is 5.71. The molecular formula is C17H19N5O. The van der Waals surface area contributed by atoms with Crippen LogP contribution in [0.3, 0.4) is 0 Å². The molecule has 1 aliphatic rings. The zero-order valence-corrected chi connectivity index (χ0v) is 13.1. The lowest BCUT2D eigenvalue weighted by Gasteiger charge is -2.31. The van der Waals surface area contributed by atoms with Crippen LogP contribution in [0.2, 0.25) is 0 Å². The lowest BCUT2D eigenvalue weighted by atomic mass is 9.98. The van der Waals surface area contributed by atoms with Gasteiger partial charge in [-0.2, -0.15) is 5.26 Å². The van der Waals surface area contributed by atoms with E-state index in [0.717, 1.165) is 37.6 Å². The van der Waals surface area contributed by atoms with Crippen molar-refractivity contribution in [3.63, 3.8) is 0 Å². The molecule has 6 heteroatoms. The van der Waals surface area contributed by atoms with Crippen LogP contribution in [0.4, 0.5) is 5.95 Å². The van der Waals surface area contributed by atoms with Crippen molar-refractivity contribution in [3.8, 4) is 11.9 Å². The van der Waals surface area contributed by atoms with Crippen molar-refractivity contribution in [2.24, 2.45) is 5.92 Å². The molecule has 0 aliphatic carbocycles. The van der Waals surface area contributed by atoms with Gasteiger partial charge in [0.05, 0.1) is 6.61 Å². The Kier molecular flexibility index (Phi) is 4.67.